The van der Waals surface area contributed by atoms with Crippen molar-refractivity contribution in [2.45, 2.75) is 20.0 Å². The van der Waals surface area contributed by atoms with E-state index in [0.29, 0.717) is 12.5 Å². The summed E-state index contributed by atoms with van der Waals surface area (Å²) >= 11 is 0. The lowest BCUT2D eigenvalue weighted by Crippen LogP contribution is -2.22. The fourth-order valence-electron chi connectivity index (χ4n) is 0.671. The molecule has 1 atom stereocenters. The van der Waals surface area contributed by atoms with Crippen LogP contribution in [0, 0.1) is 5.92 Å². The first kappa shape index (κ1) is 14.0. The van der Waals surface area contributed by atoms with Crippen LogP contribution in [0.3, 0.4) is 0 Å². The van der Waals surface area contributed by atoms with Gasteiger partial charge >= 0.3 is 7.82 Å². The molecule has 0 aromatic heterocycles. The molecule has 0 amide bonds. The predicted octanol–water partition coefficient (Wildman–Crippen LogP) is 0.129. The third-order valence-electron chi connectivity index (χ3n) is 1.20. The van der Waals surface area contributed by atoms with E-state index in [4.69, 9.17) is 19.6 Å². The van der Waals surface area contributed by atoms with Crippen molar-refractivity contribution in [1.29, 1.82) is 0 Å². The van der Waals surface area contributed by atoms with Crippen LogP contribution in [0.25, 0.3) is 0 Å². The van der Waals surface area contributed by atoms with E-state index in [2.05, 4.69) is 4.52 Å². The third-order valence-corrected chi connectivity index (χ3v) is 1.68. The SMILES string of the molecule is CC(C)COCC(O)COP(=O)(O)O. The molecule has 0 radical (unpaired) electrons. The zero-order valence-electron chi connectivity index (χ0n) is 8.29. The zero-order chi connectivity index (χ0) is 11.2. The second-order valence-electron chi connectivity index (χ2n) is 3.37. The van der Waals surface area contributed by atoms with Gasteiger partial charge in [-0.3, -0.25) is 4.52 Å². The van der Waals surface area contributed by atoms with E-state index in [1.807, 2.05) is 13.8 Å². The van der Waals surface area contributed by atoms with Crippen LogP contribution in [0.15, 0.2) is 0 Å². The lowest BCUT2D eigenvalue weighted by Gasteiger charge is -2.13. The van der Waals surface area contributed by atoms with Gasteiger partial charge in [-0.2, -0.15) is 0 Å². The molecule has 0 rings (SSSR count). The fraction of sp³-hybridized carbons (Fsp3) is 1.00. The molecule has 0 aromatic rings. The maximum atomic E-state index is 10.2. The summed E-state index contributed by atoms with van der Waals surface area (Å²) in [6, 6.07) is 0. The second-order valence-corrected chi connectivity index (χ2v) is 4.61. The lowest BCUT2D eigenvalue weighted by molar-refractivity contribution is -0.00159. The number of phosphoric ester groups is 1. The van der Waals surface area contributed by atoms with E-state index < -0.39 is 20.5 Å². The molecule has 0 aromatic carbocycles. The quantitative estimate of drug-likeness (QED) is 0.536. The van der Waals surface area contributed by atoms with Crippen molar-refractivity contribution in [3.05, 3.63) is 0 Å². The molecule has 0 fully saturated rings. The molecule has 14 heavy (non-hydrogen) atoms. The van der Waals surface area contributed by atoms with Crippen LogP contribution in [0.4, 0.5) is 0 Å². The van der Waals surface area contributed by atoms with Gasteiger partial charge in [0.15, 0.2) is 0 Å². The average molecular weight is 228 g/mol. The van der Waals surface area contributed by atoms with Gasteiger partial charge in [0.2, 0.25) is 0 Å². The minimum atomic E-state index is -4.49. The van der Waals surface area contributed by atoms with Gasteiger partial charge in [-0.15, -0.1) is 0 Å². The van der Waals surface area contributed by atoms with Crippen molar-refractivity contribution in [3.8, 4) is 0 Å². The number of rotatable bonds is 7. The van der Waals surface area contributed by atoms with Crippen molar-refractivity contribution < 1.29 is 28.7 Å². The van der Waals surface area contributed by atoms with Crippen LogP contribution in [-0.2, 0) is 13.8 Å². The Labute approximate surface area is 83.1 Å². The number of phosphoric acid groups is 1. The van der Waals surface area contributed by atoms with E-state index in [1.165, 1.54) is 0 Å². The highest BCUT2D eigenvalue weighted by molar-refractivity contribution is 7.46. The first-order valence-electron chi connectivity index (χ1n) is 4.27. The highest BCUT2D eigenvalue weighted by atomic mass is 31.2. The van der Waals surface area contributed by atoms with Crippen LogP contribution >= 0.6 is 7.82 Å². The van der Waals surface area contributed by atoms with E-state index in [9.17, 15) is 4.57 Å². The molecule has 0 aliphatic carbocycles. The molecular weight excluding hydrogens is 211 g/mol. The van der Waals surface area contributed by atoms with Gasteiger partial charge in [0.1, 0.15) is 6.10 Å². The molecule has 0 saturated carbocycles. The minimum absolute atomic E-state index is 0.0121. The smallest absolute Gasteiger partial charge is 0.388 e. The molecule has 7 heteroatoms. The molecule has 3 N–H and O–H groups in total. The summed E-state index contributed by atoms with van der Waals surface area (Å²) in [5, 5.41) is 9.13. The highest BCUT2D eigenvalue weighted by Crippen LogP contribution is 2.35. The van der Waals surface area contributed by atoms with Gasteiger partial charge in [0.25, 0.3) is 0 Å². The van der Waals surface area contributed by atoms with Gasteiger partial charge in [0, 0.05) is 6.61 Å². The predicted molar refractivity (Wildman–Crippen MR) is 49.7 cm³/mol. The van der Waals surface area contributed by atoms with Crippen LogP contribution in [0.1, 0.15) is 13.8 Å². The molecule has 1 unspecified atom stereocenters. The average Bonchev–Trinajstić information content (AvgIpc) is 1.99. The first-order valence-corrected chi connectivity index (χ1v) is 5.80. The number of hydrogen-bond acceptors (Lipinski definition) is 4. The Bertz CT molecular complexity index is 189. The minimum Gasteiger partial charge on any atom is -0.388 e. The van der Waals surface area contributed by atoms with Gasteiger partial charge < -0.3 is 19.6 Å². The zero-order valence-corrected chi connectivity index (χ0v) is 9.18. The Morgan fingerprint density at radius 1 is 1.21 bits per heavy atom. The Hall–Kier alpha value is 0.0300. The summed E-state index contributed by atoms with van der Waals surface area (Å²) in [5.74, 6) is 0.352. The summed E-state index contributed by atoms with van der Waals surface area (Å²) in [5.41, 5.74) is 0. The largest absolute Gasteiger partial charge is 0.469 e. The van der Waals surface area contributed by atoms with Gasteiger partial charge in [-0.05, 0) is 5.92 Å². The van der Waals surface area contributed by atoms with Crippen molar-refractivity contribution in [1.82, 2.24) is 0 Å². The van der Waals surface area contributed by atoms with E-state index in [1.54, 1.807) is 0 Å². The van der Waals surface area contributed by atoms with Crippen LogP contribution in [0.2, 0.25) is 0 Å². The topological polar surface area (TPSA) is 96.2 Å². The molecule has 0 bridgehead atoms. The summed E-state index contributed by atoms with van der Waals surface area (Å²) in [6.45, 7) is 3.99. The fourth-order valence-corrected chi connectivity index (χ4v) is 1.04. The van der Waals surface area contributed by atoms with Gasteiger partial charge in [-0.1, -0.05) is 13.8 Å². The molecular formula is C7H17O6P. The van der Waals surface area contributed by atoms with E-state index in [-0.39, 0.29) is 6.61 Å². The molecule has 86 valence electrons. The van der Waals surface area contributed by atoms with Crippen molar-refractivity contribution >= 4 is 7.82 Å². The number of hydrogen-bond donors (Lipinski definition) is 3. The van der Waals surface area contributed by atoms with Gasteiger partial charge in [0.05, 0.1) is 13.2 Å². The van der Waals surface area contributed by atoms with Crippen molar-refractivity contribution in [2.24, 2.45) is 5.92 Å². The molecule has 0 aliphatic rings. The molecule has 0 saturated heterocycles. The van der Waals surface area contributed by atoms with E-state index in [0.717, 1.165) is 0 Å². The Balaban J connectivity index is 3.46. The maximum Gasteiger partial charge on any atom is 0.469 e. The van der Waals surface area contributed by atoms with Crippen LogP contribution in [0.5, 0.6) is 0 Å². The Kier molecular flexibility index (Phi) is 6.52. The number of ether oxygens (including phenoxy) is 1. The van der Waals surface area contributed by atoms with Crippen molar-refractivity contribution in [3.63, 3.8) is 0 Å². The van der Waals surface area contributed by atoms with Gasteiger partial charge in [-0.25, -0.2) is 4.57 Å². The lowest BCUT2D eigenvalue weighted by atomic mass is 10.2. The molecule has 0 spiro atoms. The summed E-state index contributed by atoms with van der Waals surface area (Å²) in [6.07, 6.45) is -1.01. The highest BCUT2D eigenvalue weighted by Gasteiger charge is 2.16. The van der Waals surface area contributed by atoms with Crippen molar-refractivity contribution in [2.75, 3.05) is 19.8 Å². The summed E-state index contributed by atoms with van der Waals surface area (Å²) in [7, 11) is -4.49. The number of aliphatic hydroxyl groups is 1. The second kappa shape index (κ2) is 6.50. The van der Waals surface area contributed by atoms with Crippen LogP contribution in [-0.4, -0.2) is 40.8 Å². The summed E-state index contributed by atoms with van der Waals surface area (Å²) in [4.78, 5) is 16.6. The molecule has 0 aliphatic heterocycles. The molecule has 0 heterocycles. The normalized spacial score (nSPS) is 14.7. The van der Waals surface area contributed by atoms with E-state index >= 15 is 0 Å². The Morgan fingerprint density at radius 2 is 1.79 bits per heavy atom. The third kappa shape index (κ3) is 10.1. The number of aliphatic hydroxyl groups excluding tert-OH is 1. The maximum absolute atomic E-state index is 10.2. The summed E-state index contributed by atoms with van der Waals surface area (Å²) < 4.78 is 19.4. The molecule has 6 nitrogen and oxygen atoms in total. The van der Waals surface area contributed by atoms with Crippen LogP contribution < -0.4 is 0 Å². The standard InChI is InChI=1S/C7H17O6P/c1-6(2)3-12-4-7(8)5-13-14(9,10)11/h6-8H,3-5H2,1-2H3,(H2,9,10,11). The Morgan fingerprint density at radius 3 is 2.21 bits per heavy atom. The monoisotopic (exact) mass is 228 g/mol. The first-order chi connectivity index (χ1) is 6.31.